The molecule has 0 aliphatic rings. The van der Waals surface area contributed by atoms with E-state index in [-0.39, 0.29) is 17.5 Å². The number of nitrogens with zero attached hydrogens (tertiary/aromatic N) is 3. The van der Waals surface area contributed by atoms with Crippen molar-refractivity contribution < 1.29 is 8.42 Å². The average molecular weight is 362 g/mol. The van der Waals surface area contributed by atoms with E-state index in [1.807, 2.05) is 41.4 Å². The van der Waals surface area contributed by atoms with Gasteiger partial charge in [-0.1, -0.05) is 0 Å². The lowest BCUT2D eigenvalue weighted by molar-refractivity contribution is 0.495. The molecular weight excluding hydrogens is 344 g/mol. The minimum atomic E-state index is -3.61. The Labute approximate surface area is 145 Å². The molecule has 3 aromatic heterocycles. The SMILES string of the molecule is Cc1cc(C)n(C(CNS(=O)(=O)c2cccnc2)c2ccsc2)n1. The molecule has 0 aliphatic heterocycles. The Morgan fingerprint density at radius 2 is 2.17 bits per heavy atom. The third kappa shape index (κ3) is 3.55. The Bertz CT molecular complexity index is 903. The van der Waals surface area contributed by atoms with Crippen molar-refractivity contribution in [3.8, 4) is 0 Å². The summed E-state index contributed by atoms with van der Waals surface area (Å²) in [6, 6.07) is 6.90. The summed E-state index contributed by atoms with van der Waals surface area (Å²) in [6.45, 7) is 4.11. The minimum Gasteiger partial charge on any atom is -0.263 e. The molecular formula is C16H18N4O2S2. The van der Waals surface area contributed by atoms with E-state index >= 15 is 0 Å². The van der Waals surface area contributed by atoms with Crippen molar-refractivity contribution in [2.24, 2.45) is 0 Å². The van der Waals surface area contributed by atoms with Gasteiger partial charge in [-0.25, -0.2) is 13.1 Å². The molecule has 3 rings (SSSR count). The Kier molecular flexibility index (Phi) is 4.79. The first-order valence-electron chi connectivity index (χ1n) is 7.42. The number of hydrogen-bond donors (Lipinski definition) is 1. The van der Waals surface area contributed by atoms with E-state index in [2.05, 4.69) is 14.8 Å². The van der Waals surface area contributed by atoms with Crippen molar-refractivity contribution in [1.82, 2.24) is 19.5 Å². The van der Waals surface area contributed by atoms with E-state index in [4.69, 9.17) is 0 Å². The third-order valence-corrected chi connectivity index (χ3v) is 5.79. The number of sulfonamides is 1. The second-order valence-corrected chi connectivity index (χ2v) is 8.03. The van der Waals surface area contributed by atoms with Crippen LogP contribution < -0.4 is 4.72 Å². The number of hydrogen-bond acceptors (Lipinski definition) is 5. The summed E-state index contributed by atoms with van der Waals surface area (Å²) in [5.74, 6) is 0. The molecule has 24 heavy (non-hydrogen) atoms. The third-order valence-electron chi connectivity index (χ3n) is 3.68. The Balaban J connectivity index is 1.87. The summed E-state index contributed by atoms with van der Waals surface area (Å²) in [7, 11) is -3.61. The van der Waals surface area contributed by atoms with E-state index < -0.39 is 10.0 Å². The van der Waals surface area contributed by atoms with Crippen LogP contribution in [-0.2, 0) is 10.0 Å². The fraction of sp³-hybridized carbons (Fsp3) is 0.250. The van der Waals surface area contributed by atoms with Crippen LogP contribution in [0.2, 0.25) is 0 Å². The van der Waals surface area contributed by atoms with E-state index in [0.29, 0.717) is 0 Å². The monoisotopic (exact) mass is 362 g/mol. The highest BCUT2D eigenvalue weighted by atomic mass is 32.2. The lowest BCUT2D eigenvalue weighted by Gasteiger charge is -2.19. The topological polar surface area (TPSA) is 76.9 Å². The van der Waals surface area contributed by atoms with Gasteiger partial charge in [-0.15, -0.1) is 0 Å². The molecule has 0 saturated carbocycles. The smallest absolute Gasteiger partial charge is 0.242 e. The minimum absolute atomic E-state index is 0.155. The molecule has 0 fully saturated rings. The predicted molar refractivity (Wildman–Crippen MR) is 93.6 cm³/mol. The van der Waals surface area contributed by atoms with Crippen LogP contribution in [0.4, 0.5) is 0 Å². The van der Waals surface area contributed by atoms with Gasteiger partial charge in [0.15, 0.2) is 0 Å². The van der Waals surface area contributed by atoms with Crippen molar-refractivity contribution in [2.45, 2.75) is 24.8 Å². The fourth-order valence-electron chi connectivity index (χ4n) is 2.55. The van der Waals surface area contributed by atoms with Gasteiger partial charge in [-0.05, 0) is 54.4 Å². The van der Waals surface area contributed by atoms with Crippen molar-refractivity contribution >= 4 is 21.4 Å². The number of nitrogens with one attached hydrogen (secondary N) is 1. The summed E-state index contributed by atoms with van der Waals surface area (Å²) in [6.07, 6.45) is 2.88. The molecule has 6 nitrogen and oxygen atoms in total. The average Bonchev–Trinajstić information content (AvgIpc) is 3.19. The zero-order valence-corrected chi connectivity index (χ0v) is 15.0. The summed E-state index contributed by atoms with van der Waals surface area (Å²) in [4.78, 5) is 4.02. The number of aromatic nitrogens is 3. The molecule has 126 valence electrons. The lowest BCUT2D eigenvalue weighted by atomic mass is 10.1. The van der Waals surface area contributed by atoms with Crippen molar-refractivity contribution in [3.63, 3.8) is 0 Å². The molecule has 0 saturated heterocycles. The molecule has 0 aromatic carbocycles. The van der Waals surface area contributed by atoms with Crippen LogP contribution in [0.15, 0.2) is 52.3 Å². The highest BCUT2D eigenvalue weighted by molar-refractivity contribution is 7.89. The Morgan fingerprint density at radius 1 is 1.33 bits per heavy atom. The van der Waals surface area contributed by atoms with Crippen molar-refractivity contribution in [3.05, 3.63) is 64.4 Å². The van der Waals surface area contributed by atoms with E-state index in [0.717, 1.165) is 17.0 Å². The second-order valence-electron chi connectivity index (χ2n) is 5.48. The summed E-state index contributed by atoms with van der Waals surface area (Å²) >= 11 is 1.58. The van der Waals surface area contributed by atoms with Gasteiger partial charge in [0.05, 0.1) is 11.7 Å². The zero-order chi connectivity index (χ0) is 17.2. The maximum Gasteiger partial charge on any atom is 0.242 e. The van der Waals surface area contributed by atoms with Gasteiger partial charge in [0.25, 0.3) is 0 Å². The summed E-state index contributed by atoms with van der Waals surface area (Å²) in [5.41, 5.74) is 2.92. The molecule has 1 atom stereocenters. The van der Waals surface area contributed by atoms with E-state index in [9.17, 15) is 8.42 Å². The van der Waals surface area contributed by atoms with Gasteiger partial charge in [0.2, 0.25) is 10.0 Å². The molecule has 0 amide bonds. The van der Waals surface area contributed by atoms with Crippen molar-refractivity contribution in [2.75, 3.05) is 6.54 Å². The number of pyridine rings is 1. The number of aryl methyl sites for hydroxylation is 2. The summed E-state index contributed by atoms with van der Waals surface area (Å²) in [5, 5.41) is 8.50. The first-order chi connectivity index (χ1) is 11.5. The molecule has 3 heterocycles. The van der Waals surface area contributed by atoms with E-state index in [1.165, 1.54) is 12.3 Å². The van der Waals surface area contributed by atoms with Crippen LogP contribution in [-0.4, -0.2) is 29.7 Å². The first-order valence-corrected chi connectivity index (χ1v) is 9.84. The highest BCUT2D eigenvalue weighted by Gasteiger charge is 2.21. The van der Waals surface area contributed by atoms with Crippen LogP contribution >= 0.6 is 11.3 Å². The second kappa shape index (κ2) is 6.84. The van der Waals surface area contributed by atoms with Crippen LogP contribution in [0.1, 0.15) is 23.0 Å². The quantitative estimate of drug-likeness (QED) is 0.731. The largest absolute Gasteiger partial charge is 0.263 e. The van der Waals surface area contributed by atoms with Crippen LogP contribution in [0.5, 0.6) is 0 Å². The summed E-state index contributed by atoms with van der Waals surface area (Å²) < 4.78 is 29.4. The molecule has 0 aliphatic carbocycles. The maximum atomic E-state index is 12.4. The van der Waals surface area contributed by atoms with Gasteiger partial charge in [0, 0.05) is 24.6 Å². The molecule has 8 heteroatoms. The molecule has 1 unspecified atom stereocenters. The number of thiophene rings is 1. The molecule has 1 N–H and O–H groups in total. The zero-order valence-electron chi connectivity index (χ0n) is 13.4. The lowest BCUT2D eigenvalue weighted by Crippen LogP contribution is -2.32. The van der Waals surface area contributed by atoms with Gasteiger partial charge < -0.3 is 0 Å². The van der Waals surface area contributed by atoms with Crippen LogP contribution in [0, 0.1) is 13.8 Å². The maximum absolute atomic E-state index is 12.4. The molecule has 0 radical (unpaired) electrons. The first kappa shape index (κ1) is 16.8. The molecule has 0 bridgehead atoms. The van der Waals surface area contributed by atoms with E-state index in [1.54, 1.807) is 23.6 Å². The normalized spacial score (nSPS) is 13.1. The van der Waals surface area contributed by atoms with Gasteiger partial charge in [-0.3, -0.25) is 9.67 Å². The fourth-order valence-corrected chi connectivity index (χ4v) is 4.26. The van der Waals surface area contributed by atoms with Gasteiger partial charge >= 0.3 is 0 Å². The van der Waals surface area contributed by atoms with Gasteiger partial charge in [-0.2, -0.15) is 16.4 Å². The number of rotatable bonds is 6. The predicted octanol–water partition coefficient (Wildman–Crippen LogP) is 2.52. The Morgan fingerprint density at radius 3 is 2.75 bits per heavy atom. The van der Waals surface area contributed by atoms with Crippen molar-refractivity contribution in [1.29, 1.82) is 0 Å². The van der Waals surface area contributed by atoms with Crippen LogP contribution in [0.25, 0.3) is 0 Å². The Hall–Kier alpha value is -2.03. The molecule has 0 spiro atoms. The molecule has 3 aromatic rings. The standard InChI is InChI=1S/C16H18N4O2S2/c1-12-8-13(2)20(19-12)16(14-5-7-23-11-14)10-18-24(21,22)15-4-3-6-17-9-15/h3-9,11,16,18H,10H2,1-2H3. The van der Waals surface area contributed by atoms with Gasteiger partial charge in [0.1, 0.15) is 4.90 Å². The van der Waals surface area contributed by atoms with Crippen LogP contribution in [0.3, 0.4) is 0 Å². The highest BCUT2D eigenvalue weighted by Crippen LogP contribution is 2.22.